The molecule has 9 heteroatoms. The minimum atomic E-state index is -3.67. The number of anilines is 2. The van der Waals surface area contributed by atoms with Gasteiger partial charge in [0, 0.05) is 0 Å². The van der Waals surface area contributed by atoms with Crippen LogP contribution in [0.4, 0.5) is 11.4 Å². The van der Waals surface area contributed by atoms with E-state index in [2.05, 4.69) is 21.1 Å². The highest BCUT2D eigenvalue weighted by Gasteiger charge is 2.17. The van der Waals surface area contributed by atoms with Gasteiger partial charge in [0.25, 0.3) is 0 Å². The van der Waals surface area contributed by atoms with Gasteiger partial charge in [0.1, 0.15) is 11.5 Å². The van der Waals surface area contributed by atoms with E-state index >= 15 is 0 Å². The molecule has 0 aliphatic heterocycles. The number of rotatable bonds is 10. The first-order valence-corrected chi connectivity index (χ1v) is 12.8. The van der Waals surface area contributed by atoms with Crippen LogP contribution in [0.25, 0.3) is 0 Å². The molecule has 4 aromatic carbocycles. The fraction of sp³-hybridized carbons (Fsp3) is 0.0714. The summed E-state index contributed by atoms with van der Waals surface area (Å²) in [4.78, 5) is 0.380. The van der Waals surface area contributed by atoms with Crippen LogP contribution < -0.4 is 20.3 Å². The third kappa shape index (κ3) is 6.74. The lowest BCUT2D eigenvalue weighted by Gasteiger charge is -2.07. The fourth-order valence-electron chi connectivity index (χ4n) is 3.30. The first kappa shape index (κ1) is 25.5. The predicted molar refractivity (Wildman–Crippen MR) is 147 cm³/mol. The minimum Gasteiger partial charge on any atom is -0.497 e. The number of sulfone groups is 1. The molecule has 37 heavy (non-hydrogen) atoms. The molecule has 0 aliphatic rings. The van der Waals surface area contributed by atoms with Crippen molar-refractivity contribution >= 4 is 33.6 Å². The van der Waals surface area contributed by atoms with E-state index in [4.69, 9.17) is 9.47 Å². The van der Waals surface area contributed by atoms with Crippen molar-refractivity contribution in [2.75, 3.05) is 25.1 Å². The summed E-state index contributed by atoms with van der Waals surface area (Å²) in [6, 6.07) is 27.8. The molecule has 0 heterocycles. The maximum Gasteiger partial charge on any atom is 0.206 e. The van der Waals surface area contributed by atoms with Gasteiger partial charge in [0.05, 0.1) is 47.8 Å². The molecular weight excluding hydrogens is 488 g/mol. The number of methoxy groups -OCH3 is 2. The molecule has 0 atom stereocenters. The Morgan fingerprint density at radius 1 is 0.568 bits per heavy atom. The summed E-state index contributed by atoms with van der Waals surface area (Å²) in [7, 11) is -0.442. The lowest BCUT2D eigenvalue weighted by Crippen LogP contribution is -2.02. The van der Waals surface area contributed by atoms with E-state index in [0.29, 0.717) is 11.4 Å². The maximum atomic E-state index is 13.0. The predicted octanol–water partition coefficient (Wildman–Crippen LogP) is 5.43. The molecule has 0 bridgehead atoms. The number of hydrazone groups is 2. The van der Waals surface area contributed by atoms with Crippen LogP contribution in [0.1, 0.15) is 11.1 Å². The zero-order valence-corrected chi connectivity index (χ0v) is 21.1. The first-order valence-electron chi connectivity index (χ1n) is 11.3. The van der Waals surface area contributed by atoms with Gasteiger partial charge in [-0.2, -0.15) is 10.2 Å². The molecule has 0 saturated carbocycles. The molecular formula is C28H26N4O4S. The van der Waals surface area contributed by atoms with Gasteiger partial charge in [-0.3, -0.25) is 10.9 Å². The summed E-state index contributed by atoms with van der Waals surface area (Å²) in [5, 5.41) is 8.38. The zero-order chi connectivity index (χ0) is 26.1. The van der Waals surface area contributed by atoms with Crippen LogP contribution >= 0.6 is 0 Å². The highest BCUT2D eigenvalue weighted by Crippen LogP contribution is 2.24. The number of nitrogens with one attached hydrogen (secondary N) is 2. The zero-order valence-electron chi connectivity index (χ0n) is 20.3. The summed E-state index contributed by atoms with van der Waals surface area (Å²) in [5.74, 6) is 1.54. The van der Waals surface area contributed by atoms with Crippen LogP contribution in [0.3, 0.4) is 0 Å². The first-order chi connectivity index (χ1) is 18.0. The van der Waals surface area contributed by atoms with E-state index in [-0.39, 0.29) is 9.79 Å². The van der Waals surface area contributed by atoms with E-state index in [9.17, 15) is 8.42 Å². The quantitative estimate of drug-likeness (QED) is 0.216. The van der Waals surface area contributed by atoms with Crippen LogP contribution in [0, 0.1) is 0 Å². The van der Waals surface area contributed by atoms with E-state index in [1.165, 1.54) is 0 Å². The molecule has 0 aromatic heterocycles. The van der Waals surface area contributed by atoms with Crippen molar-refractivity contribution in [2.45, 2.75) is 9.79 Å². The molecule has 0 fully saturated rings. The van der Waals surface area contributed by atoms with E-state index in [1.54, 1.807) is 75.2 Å². The van der Waals surface area contributed by atoms with Crippen molar-refractivity contribution < 1.29 is 17.9 Å². The molecule has 0 saturated heterocycles. The molecule has 0 radical (unpaired) electrons. The third-order valence-corrected chi connectivity index (χ3v) is 7.16. The highest BCUT2D eigenvalue weighted by molar-refractivity contribution is 7.91. The second-order valence-electron chi connectivity index (χ2n) is 7.84. The Kier molecular flexibility index (Phi) is 8.17. The van der Waals surface area contributed by atoms with Crippen molar-refractivity contribution in [1.29, 1.82) is 0 Å². The molecule has 0 aliphatic carbocycles. The average molecular weight is 515 g/mol. The molecule has 0 unspecified atom stereocenters. The number of nitrogens with zero attached hydrogens (tertiary/aromatic N) is 2. The molecule has 0 spiro atoms. The molecule has 0 amide bonds. The van der Waals surface area contributed by atoms with Crippen LogP contribution in [0.2, 0.25) is 0 Å². The Bertz CT molecular complexity index is 1360. The van der Waals surface area contributed by atoms with Gasteiger partial charge >= 0.3 is 0 Å². The van der Waals surface area contributed by atoms with E-state index in [0.717, 1.165) is 22.6 Å². The standard InChI is InChI=1S/C28H26N4O4S/c1-35-25-11-3-21(4-12-25)19-29-31-23-7-15-27(16-8-23)37(33,34)28-17-9-24(10-18-28)32-30-20-22-5-13-26(36-2)14-6-22/h3-20,31-32H,1-2H3/b29-19+,30-20?. The summed E-state index contributed by atoms with van der Waals surface area (Å²) >= 11 is 0. The Morgan fingerprint density at radius 3 is 1.24 bits per heavy atom. The third-order valence-electron chi connectivity index (χ3n) is 5.38. The van der Waals surface area contributed by atoms with Crippen molar-refractivity contribution in [3.63, 3.8) is 0 Å². The van der Waals surface area contributed by atoms with Crippen LogP contribution in [0.5, 0.6) is 11.5 Å². The van der Waals surface area contributed by atoms with Gasteiger partial charge in [0.15, 0.2) is 0 Å². The topological polar surface area (TPSA) is 101 Å². The van der Waals surface area contributed by atoms with Crippen LogP contribution in [-0.4, -0.2) is 35.1 Å². The summed E-state index contributed by atoms with van der Waals surface area (Å²) in [5.41, 5.74) is 8.93. The largest absolute Gasteiger partial charge is 0.497 e. The second kappa shape index (κ2) is 11.9. The lowest BCUT2D eigenvalue weighted by atomic mass is 10.2. The smallest absolute Gasteiger partial charge is 0.206 e. The second-order valence-corrected chi connectivity index (χ2v) is 9.79. The molecule has 188 valence electrons. The summed E-state index contributed by atoms with van der Waals surface area (Å²) < 4.78 is 36.3. The van der Waals surface area contributed by atoms with E-state index < -0.39 is 9.84 Å². The van der Waals surface area contributed by atoms with Crippen molar-refractivity contribution in [3.05, 3.63) is 108 Å². The van der Waals surface area contributed by atoms with Gasteiger partial charge in [-0.15, -0.1) is 0 Å². The van der Waals surface area contributed by atoms with E-state index in [1.807, 2.05) is 48.5 Å². The number of ether oxygens (including phenoxy) is 2. The SMILES string of the molecule is COc1ccc(C=NNc2ccc(S(=O)(=O)c3ccc(N/N=C/c4ccc(OC)cc4)cc3)cc2)cc1. The maximum absolute atomic E-state index is 13.0. The number of hydrogen-bond acceptors (Lipinski definition) is 8. The number of benzene rings is 4. The summed E-state index contributed by atoms with van der Waals surface area (Å²) in [6.45, 7) is 0. The van der Waals surface area contributed by atoms with Crippen LogP contribution in [-0.2, 0) is 9.84 Å². The van der Waals surface area contributed by atoms with Crippen molar-refractivity contribution in [2.24, 2.45) is 10.2 Å². The molecule has 4 aromatic rings. The Labute approximate surface area is 216 Å². The Balaban J connectivity index is 1.35. The minimum absolute atomic E-state index is 0.190. The normalized spacial score (nSPS) is 11.5. The van der Waals surface area contributed by atoms with Crippen molar-refractivity contribution in [3.8, 4) is 11.5 Å². The van der Waals surface area contributed by atoms with Crippen molar-refractivity contribution in [1.82, 2.24) is 0 Å². The van der Waals surface area contributed by atoms with Gasteiger partial charge in [0.2, 0.25) is 9.84 Å². The lowest BCUT2D eigenvalue weighted by molar-refractivity contribution is 0.414. The average Bonchev–Trinajstić information content (AvgIpc) is 2.94. The van der Waals surface area contributed by atoms with Crippen LogP contribution in [0.15, 0.2) is 117 Å². The molecule has 4 rings (SSSR count). The number of hydrogen-bond donors (Lipinski definition) is 2. The monoisotopic (exact) mass is 514 g/mol. The molecule has 8 nitrogen and oxygen atoms in total. The molecule has 2 N–H and O–H groups in total. The van der Waals surface area contributed by atoms with Gasteiger partial charge in [-0.25, -0.2) is 8.42 Å². The fourth-order valence-corrected chi connectivity index (χ4v) is 4.56. The summed E-state index contributed by atoms with van der Waals surface area (Å²) in [6.07, 6.45) is 3.33. The van der Waals surface area contributed by atoms with Gasteiger partial charge in [-0.05, 0) is 108 Å². The van der Waals surface area contributed by atoms with Gasteiger partial charge < -0.3 is 9.47 Å². The Morgan fingerprint density at radius 2 is 0.919 bits per heavy atom. The van der Waals surface area contributed by atoms with Gasteiger partial charge in [-0.1, -0.05) is 0 Å². The highest BCUT2D eigenvalue weighted by atomic mass is 32.2. The Hall–Kier alpha value is -4.63.